The van der Waals surface area contributed by atoms with Crippen LogP contribution in [0, 0.1) is 17.2 Å². The smallest absolute Gasteiger partial charge is 0.226 e. The van der Waals surface area contributed by atoms with Crippen LogP contribution in [0.1, 0.15) is 50.5 Å². The molecule has 27 heavy (non-hydrogen) atoms. The van der Waals surface area contributed by atoms with Gasteiger partial charge in [0.1, 0.15) is 5.82 Å². The third-order valence-electron chi connectivity index (χ3n) is 6.92. The third kappa shape index (κ3) is 4.17. The molecule has 4 nitrogen and oxygen atoms in total. The molecule has 2 amide bonds. The van der Waals surface area contributed by atoms with Crippen molar-refractivity contribution in [3.63, 3.8) is 0 Å². The zero-order valence-corrected chi connectivity index (χ0v) is 16.0. The first-order chi connectivity index (χ1) is 13.0. The molecule has 0 unspecified atom stereocenters. The van der Waals surface area contributed by atoms with Crippen molar-refractivity contribution in [2.24, 2.45) is 11.3 Å². The van der Waals surface area contributed by atoms with Gasteiger partial charge in [0.05, 0.1) is 6.42 Å². The fraction of sp³-hybridized carbons (Fsp3) is 0.636. The van der Waals surface area contributed by atoms with Crippen LogP contribution in [0.25, 0.3) is 0 Å². The molecule has 1 aliphatic carbocycles. The van der Waals surface area contributed by atoms with Gasteiger partial charge >= 0.3 is 0 Å². The van der Waals surface area contributed by atoms with Gasteiger partial charge in [0.25, 0.3) is 0 Å². The summed E-state index contributed by atoms with van der Waals surface area (Å²) < 4.78 is 13.3. The fourth-order valence-corrected chi connectivity index (χ4v) is 4.79. The predicted molar refractivity (Wildman–Crippen MR) is 102 cm³/mol. The number of nitrogens with zero attached hydrogens (tertiary/aromatic N) is 2. The minimum atomic E-state index is -0.301. The van der Waals surface area contributed by atoms with Crippen molar-refractivity contribution < 1.29 is 14.0 Å². The minimum absolute atomic E-state index is 0.0594. The Kier molecular flexibility index (Phi) is 5.20. The van der Waals surface area contributed by atoms with E-state index >= 15 is 0 Å². The number of carbonyl (C=O) groups excluding carboxylic acids is 2. The van der Waals surface area contributed by atoms with E-state index in [0.29, 0.717) is 25.4 Å². The predicted octanol–water partition coefficient (Wildman–Crippen LogP) is 3.40. The molecule has 0 bridgehead atoms. The van der Waals surface area contributed by atoms with Gasteiger partial charge in [0, 0.05) is 32.6 Å². The van der Waals surface area contributed by atoms with E-state index in [9.17, 15) is 14.0 Å². The lowest BCUT2D eigenvalue weighted by atomic mass is 9.70. The number of piperidine rings is 2. The molecule has 4 rings (SSSR count). The molecule has 2 saturated heterocycles. The monoisotopic (exact) mass is 372 g/mol. The highest BCUT2D eigenvalue weighted by atomic mass is 19.1. The van der Waals surface area contributed by atoms with E-state index in [2.05, 4.69) is 4.90 Å². The molecule has 2 heterocycles. The molecule has 0 atom stereocenters. The lowest BCUT2D eigenvalue weighted by molar-refractivity contribution is -0.142. The molecule has 0 radical (unpaired) electrons. The van der Waals surface area contributed by atoms with E-state index in [-0.39, 0.29) is 23.6 Å². The van der Waals surface area contributed by atoms with E-state index in [0.717, 1.165) is 43.8 Å². The summed E-state index contributed by atoms with van der Waals surface area (Å²) in [4.78, 5) is 29.2. The molecule has 0 N–H and O–H groups in total. The van der Waals surface area contributed by atoms with Crippen LogP contribution in [0.15, 0.2) is 24.3 Å². The normalized spacial score (nSPS) is 22.8. The Morgan fingerprint density at radius 1 is 1.15 bits per heavy atom. The Hall–Kier alpha value is -1.91. The first-order valence-corrected chi connectivity index (χ1v) is 10.3. The number of benzene rings is 1. The molecule has 1 aromatic carbocycles. The number of likely N-dealkylation sites (tertiary alicyclic amines) is 2. The van der Waals surface area contributed by atoms with E-state index in [4.69, 9.17) is 0 Å². The minimum Gasteiger partial charge on any atom is -0.342 e. The van der Waals surface area contributed by atoms with Crippen LogP contribution < -0.4 is 0 Å². The number of hydrogen-bond acceptors (Lipinski definition) is 2. The second-order valence-electron chi connectivity index (χ2n) is 8.75. The average molecular weight is 372 g/mol. The zero-order chi connectivity index (χ0) is 18.9. The summed E-state index contributed by atoms with van der Waals surface area (Å²) in [7, 11) is 0. The van der Waals surface area contributed by atoms with Gasteiger partial charge in [0.15, 0.2) is 0 Å². The molecular weight excluding hydrogens is 343 g/mol. The summed E-state index contributed by atoms with van der Waals surface area (Å²) in [5.41, 5.74) is 0.808. The number of carbonyl (C=O) groups is 2. The summed E-state index contributed by atoms with van der Waals surface area (Å²) in [5.74, 6) is 0.798. The lowest BCUT2D eigenvalue weighted by Crippen LogP contribution is -2.51. The molecule has 1 saturated carbocycles. The Bertz CT molecular complexity index is 708. The quantitative estimate of drug-likeness (QED) is 0.813. The summed E-state index contributed by atoms with van der Waals surface area (Å²) in [5, 5.41) is 0. The number of hydrogen-bond donors (Lipinski definition) is 0. The van der Waals surface area contributed by atoms with Crippen molar-refractivity contribution in [2.75, 3.05) is 26.2 Å². The van der Waals surface area contributed by atoms with Crippen LogP contribution in [0.3, 0.4) is 0 Å². The highest BCUT2D eigenvalue weighted by Crippen LogP contribution is 2.42. The van der Waals surface area contributed by atoms with E-state index < -0.39 is 0 Å². The standard InChI is InChI=1S/C22H29FN2O2/c23-19-6-2-5-18(13-19)14-20(26)24-10-7-22(8-11-24)9-12-25(21(27)15-22)16-17-3-1-4-17/h2,5-6,13,17H,1,3-4,7-12,14-16H2. The summed E-state index contributed by atoms with van der Waals surface area (Å²) in [6.45, 7) is 3.26. The van der Waals surface area contributed by atoms with Gasteiger partial charge < -0.3 is 9.80 Å². The number of halogens is 1. The summed E-state index contributed by atoms with van der Waals surface area (Å²) in [6.07, 6.45) is 7.64. The van der Waals surface area contributed by atoms with Crippen LogP contribution in [0.2, 0.25) is 0 Å². The number of amides is 2. The molecule has 2 aliphatic heterocycles. The highest BCUT2D eigenvalue weighted by Gasteiger charge is 2.42. The summed E-state index contributed by atoms with van der Waals surface area (Å²) >= 11 is 0. The SMILES string of the molecule is O=C(Cc1cccc(F)c1)N1CCC2(CC1)CCN(CC1CCC1)C(=O)C2. The Morgan fingerprint density at radius 3 is 2.52 bits per heavy atom. The second-order valence-corrected chi connectivity index (χ2v) is 8.75. The van der Waals surface area contributed by atoms with Crippen molar-refractivity contribution in [1.29, 1.82) is 0 Å². The van der Waals surface area contributed by atoms with Gasteiger partial charge in [-0.2, -0.15) is 0 Å². The average Bonchev–Trinajstić information content (AvgIpc) is 2.60. The van der Waals surface area contributed by atoms with Crippen molar-refractivity contribution in [2.45, 2.75) is 51.4 Å². The molecule has 146 valence electrons. The van der Waals surface area contributed by atoms with Crippen LogP contribution >= 0.6 is 0 Å². The van der Waals surface area contributed by atoms with Crippen LogP contribution in [0.5, 0.6) is 0 Å². The number of rotatable bonds is 4. The first-order valence-electron chi connectivity index (χ1n) is 10.3. The zero-order valence-electron chi connectivity index (χ0n) is 16.0. The van der Waals surface area contributed by atoms with Gasteiger partial charge in [-0.3, -0.25) is 9.59 Å². The van der Waals surface area contributed by atoms with Crippen molar-refractivity contribution in [3.8, 4) is 0 Å². The van der Waals surface area contributed by atoms with Crippen LogP contribution in [-0.4, -0.2) is 47.8 Å². The van der Waals surface area contributed by atoms with Crippen LogP contribution in [0.4, 0.5) is 4.39 Å². The molecule has 3 aliphatic rings. The second kappa shape index (κ2) is 7.61. The largest absolute Gasteiger partial charge is 0.342 e. The lowest BCUT2D eigenvalue weighted by Gasteiger charge is -2.47. The highest BCUT2D eigenvalue weighted by molar-refractivity contribution is 5.79. The van der Waals surface area contributed by atoms with E-state index in [1.807, 2.05) is 4.90 Å². The van der Waals surface area contributed by atoms with Gasteiger partial charge in [-0.15, -0.1) is 0 Å². The fourth-order valence-electron chi connectivity index (χ4n) is 4.79. The maximum atomic E-state index is 13.3. The third-order valence-corrected chi connectivity index (χ3v) is 6.92. The van der Waals surface area contributed by atoms with Gasteiger partial charge in [0.2, 0.25) is 11.8 Å². The van der Waals surface area contributed by atoms with Gasteiger partial charge in [-0.05, 0) is 61.1 Å². The molecule has 0 aromatic heterocycles. The Morgan fingerprint density at radius 2 is 1.89 bits per heavy atom. The maximum absolute atomic E-state index is 13.3. The van der Waals surface area contributed by atoms with Gasteiger partial charge in [-0.25, -0.2) is 4.39 Å². The molecule has 1 spiro atoms. The van der Waals surface area contributed by atoms with E-state index in [1.54, 1.807) is 12.1 Å². The molecular formula is C22H29FN2O2. The Labute approximate surface area is 160 Å². The van der Waals surface area contributed by atoms with Crippen molar-refractivity contribution in [3.05, 3.63) is 35.6 Å². The van der Waals surface area contributed by atoms with E-state index in [1.165, 1.54) is 31.4 Å². The first kappa shape index (κ1) is 18.5. The summed E-state index contributed by atoms with van der Waals surface area (Å²) in [6, 6.07) is 6.27. The molecule has 1 aromatic rings. The topological polar surface area (TPSA) is 40.6 Å². The van der Waals surface area contributed by atoms with Gasteiger partial charge in [-0.1, -0.05) is 18.6 Å². The Balaban J connectivity index is 1.28. The molecule has 3 fully saturated rings. The molecule has 5 heteroatoms. The maximum Gasteiger partial charge on any atom is 0.226 e. The van der Waals surface area contributed by atoms with Crippen molar-refractivity contribution >= 4 is 11.8 Å². The van der Waals surface area contributed by atoms with Crippen molar-refractivity contribution in [1.82, 2.24) is 9.80 Å². The van der Waals surface area contributed by atoms with Crippen LogP contribution in [-0.2, 0) is 16.0 Å².